The molecule has 0 bridgehead atoms. The molecule has 2 aliphatic rings. The van der Waals surface area contributed by atoms with E-state index in [0.29, 0.717) is 12.5 Å². The number of hydrogen-bond acceptors (Lipinski definition) is 3. The molecule has 1 saturated heterocycles. The van der Waals surface area contributed by atoms with Gasteiger partial charge in [-0.25, -0.2) is 0 Å². The molecule has 1 saturated carbocycles. The van der Waals surface area contributed by atoms with Gasteiger partial charge in [0.05, 0.1) is 12.5 Å². The zero-order chi connectivity index (χ0) is 12.4. The van der Waals surface area contributed by atoms with Crippen molar-refractivity contribution in [3.05, 3.63) is 0 Å². The van der Waals surface area contributed by atoms with Gasteiger partial charge >= 0.3 is 0 Å². The Morgan fingerprint density at radius 3 is 2.65 bits per heavy atom. The Labute approximate surface area is 103 Å². The smallest absolute Gasteiger partial charge is 0.241 e. The first-order valence-corrected chi connectivity index (χ1v) is 6.54. The van der Waals surface area contributed by atoms with Crippen LogP contribution in [0.15, 0.2) is 0 Å². The second-order valence-corrected chi connectivity index (χ2v) is 5.31. The summed E-state index contributed by atoms with van der Waals surface area (Å²) in [5, 5.41) is 8.90. The molecule has 4 nitrogen and oxygen atoms in total. The SMILES string of the molecule is CC1CN(C2CCCC2)C(CC#N)C(=O)N1C. The van der Waals surface area contributed by atoms with E-state index in [1.165, 1.54) is 25.7 Å². The maximum absolute atomic E-state index is 12.2. The standard InChI is InChI=1S/C13H21N3O/c1-10-9-16(11-5-3-4-6-11)12(7-8-14)13(17)15(10)2/h10-12H,3-7,9H2,1-2H3. The van der Waals surface area contributed by atoms with Gasteiger partial charge in [-0.05, 0) is 19.8 Å². The van der Waals surface area contributed by atoms with E-state index in [4.69, 9.17) is 5.26 Å². The highest BCUT2D eigenvalue weighted by Crippen LogP contribution is 2.29. The molecule has 1 amide bonds. The predicted molar refractivity (Wildman–Crippen MR) is 65.2 cm³/mol. The first-order chi connectivity index (χ1) is 8.15. The van der Waals surface area contributed by atoms with E-state index in [0.717, 1.165) is 6.54 Å². The summed E-state index contributed by atoms with van der Waals surface area (Å²) >= 11 is 0. The zero-order valence-corrected chi connectivity index (χ0v) is 10.7. The molecule has 1 aliphatic carbocycles. The van der Waals surface area contributed by atoms with Crippen molar-refractivity contribution in [3.63, 3.8) is 0 Å². The molecule has 0 aromatic carbocycles. The Kier molecular flexibility index (Phi) is 3.68. The van der Waals surface area contributed by atoms with Crippen LogP contribution in [0.4, 0.5) is 0 Å². The molecule has 0 aromatic rings. The molecule has 94 valence electrons. The second-order valence-electron chi connectivity index (χ2n) is 5.31. The third kappa shape index (κ3) is 2.30. The van der Waals surface area contributed by atoms with Gasteiger partial charge in [-0.15, -0.1) is 0 Å². The van der Waals surface area contributed by atoms with Crippen molar-refractivity contribution >= 4 is 5.91 Å². The zero-order valence-electron chi connectivity index (χ0n) is 10.7. The van der Waals surface area contributed by atoms with Crippen LogP contribution < -0.4 is 0 Å². The molecule has 0 aromatic heterocycles. The minimum atomic E-state index is -0.204. The average molecular weight is 235 g/mol. The lowest BCUT2D eigenvalue weighted by molar-refractivity contribution is -0.145. The van der Waals surface area contributed by atoms with Gasteiger partial charge in [-0.2, -0.15) is 5.26 Å². The van der Waals surface area contributed by atoms with Gasteiger partial charge in [0.25, 0.3) is 0 Å². The Balaban J connectivity index is 2.15. The molecule has 4 heteroatoms. The summed E-state index contributed by atoms with van der Waals surface area (Å²) in [5.74, 6) is 0.122. The topological polar surface area (TPSA) is 47.3 Å². The van der Waals surface area contributed by atoms with Gasteiger partial charge in [-0.3, -0.25) is 9.69 Å². The Hall–Kier alpha value is -1.08. The van der Waals surface area contributed by atoms with Crippen molar-refractivity contribution in [2.24, 2.45) is 0 Å². The fourth-order valence-electron chi connectivity index (χ4n) is 3.08. The van der Waals surface area contributed by atoms with Gasteiger partial charge in [-0.1, -0.05) is 12.8 Å². The minimum Gasteiger partial charge on any atom is -0.340 e. The number of likely N-dealkylation sites (N-methyl/N-ethyl adjacent to an activating group) is 1. The molecule has 2 rings (SSSR count). The number of carbonyl (C=O) groups excluding carboxylic acids is 1. The van der Waals surface area contributed by atoms with E-state index >= 15 is 0 Å². The molecule has 1 heterocycles. The highest BCUT2D eigenvalue weighted by Gasteiger charge is 2.40. The largest absolute Gasteiger partial charge is 0.340 e. The monoisotopic (exact) mass is 235 g/mol. The van der Waals surface area contributed by atoms with Crippen LogP contribution in [0, 0.1) is 11.3 Å². The van der Waals surface area contributed by atoms with E-state index in [1.807, 2.05) is 7.05 Å². The molecule has 1 aliphatic heterocycles. The predicted octanol–water partition coefficient (Wildman–Crippen LogP) is 1.37. The van der Waals surface area contributed by atoms with Crippen molar-refractivity contribution < 1.29 is 4.79 Å². The fraction of sp³-hybridized carbons (Fsp3) is 0.846. The van der Waals surface area contributed by atoms with Crippen LogP contribution in [-0.4, -0.2) is 47.4 Å². The lowest BCUT2D eigenvalue weighted by Crippen LogP contribution is -2.61. The summed E-state index contributed by atoms with van der Waals surface area (Å²) in [6.45, 7) is 3.00. The van der Waals surface area contributed by atoms with E-state index in [-0.39, 0.29) is 18.0 Å². The minimum absolute atomic E-state index is 0.122. The Morgan fingerprint density at radius 2 is 2.06 bits per heavy atom. The van der Waals surface area contributed by atoms with Crippen LogP contribution in [0.25, 0.3) is 0 Å². The van der Waals surface area contributed by atoms with Crippen molar-refractivity contribution in [1.82, 2.24) is 9.80 Å². The van der Waals surface area contributed by atoms with Gasteiger partial charge in [0.2, 0.25) is 5.91 Å². The highest BCUT2D eigenvalue weighted by molar-refractivity contribution is 5.83. The number of nitriles is 1. The van der Waals surface area contributed by atoms with Gasteiger partial charge in [0, 0.05) is 25.7 Å². The molecular weight excluding hydrogens is 214 g/mol. The second kappa shape index (κ2) is 5.05. The van der Waals surface area contributed by atoms with Crippen molar-refractivity contribution in [1.29, 1.82) is 5.26 Å². The van der Waals surface area contributed by atoms with Crippen LogP contribution >= 0.6 is 0 Å². The number of hydrogen-bond donors (Lipinski definition) is 0. The normalized spacial score (nSPS) is 31.8. The molecule has 2 atom stereocenters. The van der Waals surface area contributed by atoms with Crippen LogP contribution in [0.2, 0.25) is 0 Å². The summed E-state index contributed by atoms with van der Waals surface area (Å²) in [6, 6.07) is 2.75. The molecule has 0 N–H and O–H groups in total. The first-order valence-electron chi connectivity index (χ1n) is 6.54. The average Bonchev–Trinajstić information content (AvgIpc) is 2.83. The van der Waals surface area contributed by atoms with Crippen LogP contribution in [0.3, 0.4) is 0 Å². The number of piperazine rings is 1. The summed E-state index contributed by atoms with van der Waals surface area (Å²) < 4.78 is 0. The molecule has 0 radical (unpaired) electrons. The quantitative estimate of drug-likeness (QED) is 0.726. The van der Waals surface area contributed by atoms with E-state index < -0.39 is 0 Å². The van der Waals surface area contributed by atoms with E-state index in [2.05, 4.69) is 17.9 Å². The number of nitrogens with zero attached hydrogens (tertiary/aromatic N) is 3. The van der Waals surface area contributed by atoms with Crippen LogP contribution in [-0.2, 0) is 4.79 Å². The first kappa shape index (κ1) is 12.4. The van der Waals surface area contributed by atoms with E-state index in [1.54, 1.807) is 4.90 Å². The fourth-order valence-corrected chi connectivity index (χ4v) is 3.08. The molecule has 2 fully saturated rings. The van der Waals surface area contributed by atoms with Gasteiger partial charge in [0.1, 0.15) is 6.04 Å². The van der Waals surface area contributed by atoms with Crippen molar-refractivity contribution in [2.75, 3.05) is 13.6 Å². The summed E-state index contributed by atoms with van der Waals surface area (Å²) in [6.07, 6.45) is 5.22. The lowest BCUT2D eigenvalue weighted by atomic mass is 10.0. The van der Waals surface area contributed by atoms with Crippen molar-refractivity contribution in [3.8, 4) is 6.07 Å². The Morgan fingerprint density at radius 1 is 1.41 bits per heavy atom. The maximum atomic E-state index is 12.2. The maximum Gasteiger partial charge on any atom is 0.241 e. The number of amides is 1. The lowest BCUT2D eigenvalue weighted by Gasteiger charge is -2.45. The Bertz CT molecular complexity index is 330. The number of rotatable bonds is 2. The summed E-state index contributed by atoms with van der Waals surface area (Å²) in [4.78, 5) is 16.3. The van der Waals surface area contributed by atoms with Gasteiger partial charge in [0.15, 0.2) is 0 Å². The van der Waals surface area contributed by atoms with E-state index in [9.17, 15) is 4.79 Å². The molecule has 0 spiro atoms. The molecule has 2 unspecified atom stereocenters. The summed E-state index contributed by atoms with van der Waals surface area (Å²) in [7, 11) is 1.85. The third-order valence-electron chi connectivity index (χ3n) is 4.25. The molecular formula is C13H21N3O. The third-order valence-corrected chi connectivity index (χ3v) is 4.25. The highest BCUT2D eigenvalue weighted by atomic mass is 16.2. The van der Waals surface area contributed by atoms with Gasteiger partial charge < -0.3 is 4.90 Å². The van der Waals surface area contributed by atoms with Crippen LogP contribution in [0.5, 0.6) is 0 Å². The summed E-state index contributed by atoms with van der Waals surface area (Å²) in [5.41, 5.74) is 0. The van der Waals surface area contributed by atoms with Crippen LogP contribution in [0.1, 0.15) is 39.0 Å². The molecule has 17 heavy (non-hydrogen) atoms. The number of carbonyl (C=O) groups is 1. The van der Waals surface area contributed by atoms with Crippen molar-refractivity contribution in [2.45, 2.75) is 57.2 Å².